The van der Waals surface area contributed by atoms with Crippen LogP contribution in [0.25, 0.3) is 11.4 Å². The van der Waals surface area contributed by atoms with Crippen molar-refractivity contribution in [2.24, 2.45) is 0 Å². The standard InChI is InChI=1S/C14H18N6O2.ClH/c21-11-8-16-5-6-20(9-11)13(22)7-12-17-14(19-18-12)10-1-3-15-4-2-10;/h1-4,11,16,21H,5-9H2,(H,17,18,19);1H. The molecule has 0 aliphatic carbocycles. The van der Waals surface area contributed by atoms with E-state index in [-0.39, 0.29) is 24.7 Å². The van der Waals surface area contributed by atoms with Crippen LogP contribution >= 0.6 is 12.4 Å². The summed E-state index contributed by atoms with van der Waals surface area (Å²) in [5.41, 5.74) is 0.847. The van der Waals surface area contributed by atoms with Crippen molar-refractivity contribution in [3.63, 3.8) is 0 Å². The molecule has 124 valence electrons. The van der Waals surface area contributed by atoms with Crippen molar-refractivity contribution < 1.29 is 9.90 Å². The van der Waals surface area contributed by atoms with E-state index in [4.69, 9.17) is 0 Å². The van der Waals surface area contributed by atoms with Gasteiger partial charge in [-0.1, -0.05) is 0 Å². The number of aliphatic hydroxyl groups excluding tert-OH is 1. The van der Waals surface area contributed by atoms with E-state index in [1.165, 1.54) is 0 Å². The molecule has 1 saturated heterocycles. The van der Waals surface area contributed by atoms with Gasteiger partial charge < -0.3 is 15.3 Å². The van der Waals surface area contributed by atoms with Crippen LogP contribution in [0.1, 0.15) is 5.82 Å². The van der Waals surface area contributed by atoms with Crippen molar-refractivity contribution >= 4 is 18.3 Å². The highest BCUT2D eigenvalue weighted by Crippen LogP contribution is 2.13. The van der Waals surface area contributed by atoms with Gasteiger partial charge in [0.05, 0.1) is 12.5 Å². The van der Waals surface area contributed by atoms with E-state index < -0.39 is 6.10 Å². The lowest BCUT2D eigenvalue weighted by Crippen LogP contribution is -2.38. The van der Waals surface area contributed by atoms with Crippen LogP contribution in [0.2, 0.25) is 0 Å². The second-order valence-electron chi connectivity index (χ2n) is 5.22. The van der Waals surface area contributed by atoms with Gasteiger partial charge in [-0.15, -0.1) is 12.4 Å². The SMILES string of the molecule is Cl.O=C(Cc1nc(-c2ccncc2)n[nH]1)N1CCNCC(O)C1. The number of H-pyrrole nitrogens is 1. The third kappa shape index (κ3) is 4.47. The number of hydrogen-bond donors (Lipinski definition) is 3. The maximum Gasteiger partial charge on any atom is 0.230 e. The molecule has 2 aromatic heterocycles. The van der Waals surface area contributed by atoms with Crippen LogP contribution in [-0.4, -0.2) is 68.4 Å². The zero-order valence-electron chi connectivity index (χ0n) is 12.5. The number of nitrogens with zero attached hydrogens (tertiary/aromatic N) is 4. The van der Waals surface area contributed by atoms with Crippen molar-refractivity contribution in [1.29, 1.82) is 0 Å². The number of hydrogen-bond acceptors (Lipinski definition) is 6. The quantitative estimate of drug-likeness (QED) is 0.704. The van der Waals surface area contributed by atoms with Gasteiger partial charge in [-0.05, 0) is 12.1 Å². The van der Waals surface area contributed by atoms with Gasteiger partial charge in [-0.3, -0.25) is 14.9 Å². The molecule has 0 aromatic carbocycles. The monoisotopic (exact) mass is 338 g/mol. The Morgan fingerprint density at radius 1 is 1.39 bits per heavy atom. The largest absolute Gasteiger partial charge is 0.390 e. The smallest absolute Gasteiger partial charge is 0.230 e. The first-order chi connectivity index (χ1) is 10.7. The Morgan fingerprint density at radius 2 is 2.17 bits per heavy atom. The number of rotatable bonds is 3. The molecule has 8 nitrogen and oxygen atoms in total. The van der Waals surface area contributed by atoms with E-state index in [9.17, 15) is 9.90 Å². The van der Waals surface area contributed by atoms with E-state index in [1.807, 2.05) is 12.1 Å². The van der Waals surface area contributed by atoms with Gasteiger partial charge in [0.2, 0.25) is 5.91 Å². The van der Waals surface area contributed by atoms with Gasteiger partial charge in [0, 0.05) is 44.1 Å². The highest BCUT2D eigenvalue weighted by molar-refractivity contribution is 5.85. The lowest BCUT2D eigenvalue weighted by molar-refractivity contribution is -0.131. The first-order valence-electron chi connectivity index (χ1n) is 7.20. The van der Waals surface area contributed by atoms with E-state index >= 15 is 0 Å². The van der Waals surface area contributed by atoms with Crippen molar-refractivity contribution in [1.82, 2.24) is 30.4 Å². The van der Waals surface area contributed by atoms with Crippen molar-refractivity contribution in [3.05, 3.63) is 30.4 Å². The minimum Gasteiger partial charge on any atom is -0.390 e. The molecule has 0 radical (unpaired) electrons. The maximum absolute atomic E-state index is 12.3. The van der Waals surface area contributed by atoms with E-state index in [1.54, 1.807) is 17.3 Å². The van der Waals surface area contributed by atoms with E-state index in [0.29, 0.717) is 37.8 Å². The number of aliphatic hydroxyl groups is 1. The molecule has 3 rings (SSSR count). The van der Waals surface area contributed by atoms with Crippen LogP contribution in [0.15, 0.2) is 24.5 Å². The number of carbonyl (C=O) groups excluding carboxylic acids is 1. The summed E-state index contributed by atoms with van der Waals surface area (Å²) in [6.45, 7) is 2.12. The van der Waals surface area contributed by atoms with Gasteiger partial charge in [-0.2, -0.15) is 5.10 Å². The molecule has 1 atom stereocenters. The summed E-state index contributed by atoms with van der Waals surface area (Å²) in [5, 5.41) is 19.7. The summed E-state index contributed by atoms with van der Waals surface area (Å²) < 4.78 is 0. The zero-order chi connectivity index (χ0) is 15.4. The molecule has 1 unspecified atom stereocenters. The molecule has 3 heterocycles. The number of amides is 1. The maximum atomic E-state index is 12.3. The fourth-order valence-corrected chi connectivity index (χ4v) is 2.38. The Kier molecular flexibility index (Phi) is 6.03. The first-order valence-corrected chi connectivity index (χ1v) is 7.20. The average molecular weight is 339 g/mol. The minimum absolute atomic E-state index is 0. The fraction of sp³-hybridized carbons (Fsp3) is 0.429. The second kappa shape index (κ2) is 8.00. The Bertz CT molecular complexity index is 635. The minimum atomic E-state index is -0.534. The summed E-state index contributed by atoms with van der Waals surface area (Å²) in [6.07, 6.45) is 2.95. The van der Waals surface area contributed by atoms with Crippen LogP contribution < -0.4 is 5.32 Å². The number of pyridine rings is 1. The Balaban J connectivity index is 0.00000192. The predicted octanol–water partition coefficient (Wildman–Crippen LogP) is -0.376. The lowest BCUT2D eigenvalue weighted by Gasteiger charge is -2.21. The summed E-state index contributed by atoms with van der Waals surface area (Å²) in [6, 6.07) is 3.62. The number of aromatic nitrogens is 4. The third-order valence-corrected chi connectivity index (χ3v) is 3.51. The summed E-state index contributed by atoms with van der Waals surface area (Å²) in [4.78, 5) is 22.2. The fourth-order valence-electron chi connectivity index (χ4n) is 2.38. The summed E-state index contributed by atoms with van der Waals surface area (Å²) in [5.74, 6) is 0.992. The molecule has 1 aliphatic rings. The Labute approximate surface area is 139 Å². The highest BCUT2D eigenvalue weighted by atomic mass is 35.5. The number of aromatic amines is 1. The molecule has 2 aromatic rings. The van der Waals surface area contributed by atoms with E-state index in [2.05, 4.69) is 25.5 Å². The molecule has 0 bridgehead atoms. The molecular formula is C14H19ClN6O2. The van der Waals surface area contributed by atoms with Crippen molar-refractivity contribution in [2.75, 3.05) is 26.2 Å². The number of β-amino-alcohol motifs (C(OH)–C–C–N with tert-alkyl or cyclic N) is 1. The molecule has 23 heavy (non-hydrogen) atoms. The highest BCUT2D eigenvalue weighted by Gasteiger charge is 2.21. The third-order valence-electron chi connectivity index (χ3n) is 3.51. The molecule has 0 saturated carbocycles. The number of carbonyl (C=O) groups is 1. The van der Waals surface area contributed by atoms with Gasteiger partial charge >= 0.3 is 0 Å². The van der Waals surface area contributed by atoms with Gasteiger partial charge in [0.15, 0.2) is 5.82 Å². The number of nitrogens with one attached hydrogen (secondary N) is 2. The summed E-state index contributed by atoms with van der Waals surface area (Å²) >= 11 is 0. The van der Waals surface area contributed by atoms with Crippen LogP contribution in [0.3, 0.4) is 0 Å². The molecule has 0 spiro atoms. The lowest BCUT2D eigenvalue weighted by atomic mass is 10.2. The van der Waals surface area contributed by atoms with Gasteiger partial charge in [-0.25, -0.2) is 4.98 Å². The van der Waals surface area contributed by atoms with Crippen LogP contribution in [0.5, 0.6) is 0 Å². The molecule has 1 fully saturated rings. The van der Waals surface area contributed by atoms with Crippen molar-refractivity contribution in [3.8, 4) is 11.4 Å². The van der Waals surface area contributed by atoms with E-state index in [0.717, 1.165) is 5.56 Å². The van der Waals surface area contributed by atoms with Crippen LogP contribution in [0.4, 0.5) is 0 Å². The topological polar surface area (TPSA) is 107 Å². The van der Waals surface area contributed by atoms with Gasteiger partial charge in [0.25, 0.3) is 0 Å². The normalized spacial score (nSPS) is 18.1. The predicted molar refractivity (Wildman–Crippen MR) is 86.0 cm³/mol. The summed E-state index contributed by atoms with van der Waals surface area (Å²) in [7, 11) is 0. The average Bonchev–Trinajstić information content (AvgIpc) is 2.88. The second-order valence-corrected chi connectivity index (χ2v) is 5.22. The molecule has 3 N–H and O–H groups in total. The molecule has 1 amide bonds. The zero-order valence-corrected chi connectivity index (χ0v) is 13.3. The Hall–Kier alpha value is -2.03. The van der Waals surface area contributed by atoms with Crippen LogP contribution in [-0.2, 0) is 11.2 Å². The molecule has 9 heteroatoms. The van der Waals surface area contributed by atoms with Crippen molar-refractivity contribution in [2.45, 2.75) is 12.5 Å². The molecule has 1 aliphatic heterocycles. The first kappa shape index (κ1) is 17.3. The van der Waals surface area contributed by atoms with Crippen LogP contribution in [0, 0.1) is 0 Å². The number of halogens is 1. The Morgan fingerprint density at radius 3 is 2.96 bits per heavy atom. The molecular weight excluding hydrogens is 320 g/mol. The van der Waals surface area contributed by atoms with Gasteiger partial charge in [0.1, 0.15) is 5.82 Å².